The number of aromatic nitrogens is 4. The number of nitrogens with zero attached hydrogens (tertiary/aromatic N) is 4. The molecule has 0 spiro atoms. The van der Waals surface area contributed by atoms with E-state index in [9.17, 15) is 14.9 Å². The van der Waals surface area contributed by atoms with Crippen LogP contribution in [0.3, 0.4) is 0 Å². The van der Waals surface area contributed by atoms with E-state index in [2.05, 4.69) is 20.6 Å². The zero-order valence-corrected chi connectivity index (χ0v) is 14.6. The van der Waals surface area contributed by atoms with Crippen LogP contribution in [-0.2, 0) is 0 Å². The van der Waals surface area contributed by atoms with E-state index in [4.69, 9.17) is 0 Å². The lowest BCUT2D eigenvalue weighted by atomic mass is 10.0. The van der Waals surface area contributed by atoms with Crippen molar-refractivity contribution >= 4 is 11.5 Å². The lowest BCUT2D eigenvalue weighted by Crippen LogP contribution is -2.04. The molecule has 3 aromatic carbocycles. The Kier molecular flexibility index (Phi) is 5.94. The Morgan fingerprint density at radius 2 is 1.46 bits per heavy atom. The zero-order valence-electron chi connectivity index (χ0n) is 14.6. The van der Waals surface area contributed by atoms with Gasteiger partial charge in [-0.15, -0.1) is 10.2 Å². The summed E-state index contributed by atoms with van der Waals surface area (Å²) >= 11 is 0. The van der Waals surface area contributed by atoms with Gasteiger partial charge in [0.15, 0.2) is 5.78 Å². The number of rotatable bonds is 4. The Morgan fingerprint density at radius 3 is 2.07 bits per heavy atom. The maximum atomic E-state index is 12.1. The molecule has 0 saturated heterocycles. The molecule has 0 saturated carbocycles. The number of H-pyrrole nitrogens is 1. The van der Waals surface area contributed by atoms with Crippen molar-refractivity contribution in [3.8, 4) is 11.4 Å². The van der Waals surface area contributed by atoms with Gasteiger partial charge in [-0.2, -0.15) is 5.21 Å². The van der Waals surface area contributed by atoms with E-state index in [1.54, 1.807) is 42.5 Å². The third kappa shape index (κ3) is 4.50. The molecule has 0 amide bonds. The first-order valence-electron chi connectivity index (χ1n) is 8.29. The van der Waals surface area contributed by atoms with Crippen molar-refractivity contribution < 1.29 is 9.72 Å². The van der Waals surface area contributed by atoms with Gasteiger partial charge in [-0.1, -0.05) is 72.8 Å². The van der Waals surface area contributed by atoms with Crippen molar-refractivity contribution in [2.75, 3.05) is 0 Å². The predicted molar refractivity (Wildman–Crippen MR) is 103 cm³/mol. The van der Waals surface area contributed by atoms with Crippen LogP contribution in [0.5, 0.6) is 0 Å². The number of carbonyl (C=O) groups excluding carboxylic acids is 1. The molecule has 0 aliphatic heterocycles. The van der Waals surface area contributed by atoms with Gasteiger partial charge >= 0.3 is 0 Å². The second-order valence-electron chi connectivity index (χ2n) is 5.57. The molecule has 0 fully saturated rings. The summed E-state index contributed by atoms with van der Waals surface area (Å²) in [5.41, 5.74) is 1.37. The quantitative estimate of drug-likeness (QED) is 0.331. The van der Waals surface area contributed by atoms with E-state index in [-0.39, 0.29) is 17.0 Å². The van der Waals surface area contributed by atoms with Gasteiger partial charge in [0.05, 0.1) is 4.92 Å². The monoisotopic (exact) mass is 373 g/mol. The first-order chi connectivity index (χ1) is 13.7. The number of benzene rings is 3. The Hall–Kier alpha value is -4.20. The Bertz CT molecular complexity index is 1050. The molecular formula is C20H15N5O3. The summed E-state index contributed by atoms with van der Waals surface area (Å²) in [7, 11) is 0. The maximum absolute atomic E-state index is 12.1. The normalized spacial score (nSPS) is 9.86. The second kappa shape index (κ2) is 8.95. The van der Waals surface area contributed by atoms with Crippen LogP contribution in [0.2, 0.25) is 0 Å². The van der Waals surface area contributed by atoms with Crippen LogP contribution < -0.4 is 0 Å². The van der Waals surface area contributed by atoms with Crippen LogP contribution in [0.25, 0.3) is 11.4 Å². The lowest BCUT2D eigenvalue weighted by Gasteiger charge is -2.01. The van der Waals surface area contributed by atoms with Crippen molar-refractivity contribution in [3.63, 3.8) is 0 Å². The van der Waals surface area contributed by atoms with Gasteiger partial charge in [-0.3, -0.25) is 14.9 Å². The van der Waals surface area contributed by atoms with Crippen molar-refractivity contribution in [3.05, 3.63) is 106 Å². The fraction of sp³-hybridized carbons (Fsp3) is 0. The second-order valence-corrected chi connectivity index (χ2v) is 5.57. The van der Waals surface area contributed by atoms with Crippen LogP contribution in [0.15, 0.2) is 84.9 Å². The van der Waals surface area contributed by atoms with E-state index < -0.39 is 4.92 Å². The molecule has 8 nitrogen and oxygen atoms in total. The topological polar surface area (TPSA) is 115 Å². The summed E-state index contributed by atoms with van der Waals surface area (Å²) in [5.74, 6) is 0.295. The number of nitro groups is 1. The summed E-state index contributed by atoms with van der Waals surface area (Å²) in [6.07, 6.45) is 0. The van der Waals surface area contributed by atoms with Crippen LogP contribution in [0.1, 0.15) is 15.9 Å². The highest BCUT2D eigenvalue weighted by molar-refractivity contribution is 6.11. The lowest BCUT2D eigenvalue weighted by molar-refractivity contribution is -0.385. The van der Waals surface area contributed by atoms with E-state index >= 15 is 0 Å². The van der Waals surface area contributed by atoms with Gasteiger partial charge in [-0.25, -0.2) is 0 Å². The van der Waals surface area contributed by atoms with Crippen LogP contribution in [0.4, 0.5) is 5.69 Å². The molecule has 1 aromatic heterocycles. The molecule has 1 N–H and O–H groups in total. The molecule has 8 heteroatoms. The van der Waals surface area contributed by atoms with E-state index in [0.717, 1.165) is 5.56 Å². The fourth-order valence-electron chi connectivity index (χ4n) is 2.44. The highest BCUT2D eigenvalue weighted by atomic mass is 16.6. The van der Waals surface area contributed by atoms with E-state index in [0.29, 0.717) is 11.4 Å². The van der Waals surface area contributed by atoms with Gasteiger partial charge in [0, 0.05) is 17.2 Å². The molecular weight excluding hydrogens is 358 g/mol. The summed E-state index contributed by atoms with van der Waals surface area (Å²) < 4.78 is 0. The number of hydrogen-bond acceptors (Lipinski definition) is 6. The molecule has 4 rings (SSSR count). The number of para-hydroxylation sites is 1. The minimum atomic E-state index is -0.545. The number of hydrogen-bond donors (Lipinski definition) is 1. The standard InChI is InChI=1S/C13H9NO3.C7H6N4/c15-13(10-6-2-1-3-7-10)11-8-4-5-9-12(11)14(16)17;1-2-4-6(5-3-1)7-8-10-11-9-7/h1-9H;1-5H,(H,8,9,10,11). The van der Waals surface area contributed by atoms with E-state index in [1.807, 2.05) is 30.3 Å². The number of nitro benzene ring substituents is 1. The van der Waals surface area contributed by atoms with Crippen molar-refractivity contribution in [1.29, 1.82) is 0 Å². The minimum Gasteiger partial charge on any atom is -0.288 e. The highest BCUT2D eigenvalue weighted by Crippen LogP contribution is 2.21. The average Bonchev–Trinajstić information content (AvgIpc) is 3.30. The first kappa shape index (κ1) is 18.6. The highest BCUT2D eigenvalue weighted by Gasteiger charge is 2.19. The molecule has 138 valence electrons. The van der Waals surface area contributed by atoms with Gasteiger partial charge in [0.2, 0.25) is 5.82 Å². The molecule has 28 heavy (non-hydrogen) atoms. The number of carbonyl (C=O) groups is 1. The number of nitrogens with one attached hydrogen (secondary N) is 1. The predicted octanol–water partition coefficient (Wildman–Crippen LogP) is 3.69. The third-order valence-corrected chi connectivity index (χ3v) is 3.76. The summed E-state index contributed by atoms with van der Waals surface area (Å²) in [6, 6.07) is 24.2. The number of ketones is 1. The summed E-state index contributed by atoms with van der Waals surface area (Å²) in [6.45, 7) is 0. The number of tetrazole rings is 1. The van der Waals surface area contributed by atoms with Crippen molar-refractivity contribution in [1.82, 2.24) is 20.6 Å². The molecule has 0 aliphatic rings. The average molecular weight is 373 g/mol. The molecule has 0 radical (unpaired) electrons. The Labute approximate surface area is 160 Å². The summed E-state index contributed by atoms with van der Waals surface area (Å²) in [5, 5.41) is 24.3. The SMILES string of the molecule is O=C(c1ccccc1)c1ccccc1[N+](=O)[O-].c1ccc(-c2nn[nH]n2)cc1. The summed E-state index contributed by atoms with van der Waals surface area (Å²) in [4.78, 5) is 22.3. The Morgan fingerprint density at radius 1 is 0.857 bits per heavy atom. The zero-order chi connectivity index (χ0) is 19.8. The molecule has 0 bridgehead atoms. The molecule has 0 unspecified atom stereocenters. The largest absolute Gasteiger partial charge is 0.288 e. The molecule has 0 aliphatic carbocycles. The third-order valence-electron chi connectivity index (χ3n) is 3.76. The fourth-order valence-corrected chi connectivity index (χ4v) is 2.44. The number of aromatic amines is 1. The van der Waals surface area contributed by atoms with Crippen LogP contribution in [0, 0.1) is 10.1 Å². The molecule has 0 atom stereocenters. The van der Waals surface area contributed by atoms with Crippen LogP contribution in [-0.4, -0.2) is 31.3 Å². The van der Waals surface area contributed by atoms with Crippen LogP contribution >= 0.6 is 0 Å². The van der Waals surface area contributed by atoms with Crippen molar-refractivity contribution in [2.24, 2.45) is 0 Å². The first-order valence-corrected chi connectivity index (χ1v) is 8.29. The van der Waals surface area contributed by atoms with Gasteiger partial charge in [-0.05, 0) is 11.3 Å². The van der Waals surface area contributed by atoms with E-state index in [1.165, 1.54) is 12.1 Å². The minimum absolute atomic E-state index is 0.115. The molecule has 4 aromatic rings. The maximum Gasteiger partial charge on any atom is 0.280 e. The van der Waals surface area contributed by atoms with Crippen molar-refractivity contribution in [2.45, 2.75) is 0 Å². The molecule has 1 heterocycles. The van der Waals surface area contributed by atoms with Gasteiger partial charge in [0.25, 0.3) is 5.69 Å². The Balaban J connectivity index is 0.000000176. The van der Waals surface area contributed by atoms with Gasteiger partial charge < -0.3 is 0 Å². The van der Waals surface area contributed by atoms with Gasteiger partial charge in [0.1, 0.15) is 5.56 Å². The smallest absolute Gasteiger partial charge is 0.280 e.